The van der Waals surface area contributed by atoms with Crippen molar-refractivity contribution in [3.05, 3.63) is 126 Å². The van der Waals surface area contributed by atoms with Gasteiger partial charge in [-0.3, -0.25) is 35.1 Å². The molecule has 5 rings (SSSR count). The first-order chi connectivity index (χ1) is 26.2. The third kappa shape index (κ3) is 10.4. The van der Waals surface area contributed by atoms with Crippen LogP contribution in [0.5, 0.6) is 17.2 Å². The van der Waals surface area contributed by atoms with E-state index in [9.17, 15) is 45.4 Å². The molecule has 4 aromatic carbocycles. The maximum atomic E-state index is 13.0. The maximum Gasteiger partial charge on any atom is 0.270 e. The van der Waals surface area contributed by atoms with Crippen molar-refractivity contribution in [1.82, 2.24) is 0 Å². The van der Waals surface area contributed by atoms with Gasteiger partial charge in [-0.2, -0.15) is 0 Å². The number of rotatable bonds is 16. The van der Waals surface area contributed by atoms with Crippen LogP contribution in [-0.4, -0.2) is 43.6 Å². The van der Waals surface area contributed by atoms with Crippen LogP contribution in [0.4, 0.5) is 28.4 Å². The molecule has 1 aliphatic rings. The van der Waals surface area contributed by atoms with Gasteiger partial charge in [-0.15, -0.1) is 0 Å². The van der Waals surface area contributed by atoms with E-state index in [0.717, 1.165) is 37.5 Å². The number of amides is 1. The number of nitrogens with one attached hydrogen (secondary N) is 1. The van der Waals surface area contributed by atoms with Gasteiger partial charge in [0.2, 0.25) is 5.91 Å². The summed E-state index contributed by atoms with van der Waals surface area (Å²) in [5, 5.41) is 58.6. The third-order valence-electron chi connectivity index (χ3n) is 9.81. The number of ether oxygens (including phenoxy) is 2. The van der Waals surface area contributed by atoms with Crippen molar-refractivity contribution in [1.29, 1.82) is 0 Å². The second kappa shape index (κ2) is 17.7. The number of hydrogen-bond acceptors (Lipinski definition) is 12. The van der Waals surface area contributed by atoms with E-state index in [2.05, 4.69) is 26.1 Å². The molecular weight excluding hydrogens is 714 g/mol. The topological polar surface area (TPSA) is 221 Å². The van der Waals surface area contributed by atoms with Crippen LogP contribution >= 0.6 is 0 Å². The highest BCUT2D eigenvalue weighted by atomic mass is 16.6. The van der Waals surface area contributed by atoms with Gasteiger partial charge in [0.05, 0.1) is 20.9 Å². The summed E-state index contributed by atoms with van der Waals surface area (Å²) in [6.07, 6.45) is 3.09. The zero-order valence-electron chi connectivity index (χ0n) is 30.6. The smallest absolute Gasteiger partial charge is 0.270 e. The van der Waals surface area contributed by atoms with Crippen molar-refractivity contribution in [2.45, 2.75) is 65.8 Å². The molecule has 0 aliphatic heterocycles. The average molecular weight is 758 g/mol. The van der Waals surface area contributed by atoms with E-state index in [1.165, 1.54) is 36.4 Å². The molecule has 4 aromatic rings. The zero-order chi connectivity index (χ0) is 39.8. The summed E-state index contributed by atoms with van der Waals surface area (Å²) < 4.78 is 12.1. The number of benzene rings is 4. The highest BCUT2D eigenvalue weighted by Crippen LogP contribution is 2.36. The summed E-state index contributed by atoms with van der Waals surface area (Å²) in [5.41, 5.74) is 0.786. The van der Waals surface area contributed by atoms with Gasteiger partial charge in [0.15, 0.2) is 0 Å². The number of hydrogen-bond donors (Lipinski definition) is 3. The van der Waals surface area contributed by atoms with Crippen LogP contribution in [0.15, 0.2) is 78.9 Å². The summed E-state index contributed by atoms with van der Waals surface area (Å²) >= 11 is 0. The molecule has 0 radical (unpaired) electrons. The molecule has 0 saturated heterocycles. The summed E-state index contributed by atoms with van der Waals surface area (Å²) in [6.45, 7) is 5.91. The maximum absolute atomic E-state index is 13.0. The number of phenolic OH excluding ortho intramolecular Hbond substituents is 2. The minimum absolute atomic E-state index is 0.00441. The van der Waals surface area contributed by atoms with Crippen LogP contribution in [0.1, 0.15) is 56.7 Å². The van der Waals surface area contributed by atoms with E-state index in [1.54, 1.807) is 29.2 Å². The first kappa shape index (κ1) is 39.9. The van der Waals surface area contributed by atoms with Gasteiger partial charge in [0, 0.05) is 77.6 Å². The molecule has 0 spiro atoms. The monoisotopic (exact) mass is 757 g/mol. The number of nitrogens with zero attached hydrogens (tertiary/aromatic N) is 4. The van der Waals surface area contributed by atoms with Gasteiger partial charge >= 0.3 is 0 Å². The number of aromatic hydroxyl groups is 2. The first-order valence-electron chi connectivity index (χ1n) is 17.8. The fourth-order valence-corrected chi connectivity index (χ4v) is 6.80. The average Bonchev–Trinajstić information content (AvgIpc) is 3.14. The normalized spacial score (nSPS) is 16.7. The lowest BCUT2D eigenvalue weighted by molar-refractivity contribution is -0.385. The van der Waals surface area contributed by atoms with Crippen LogP contribution in [0.25, 0.3) is 0 Å². The van der Waals surface area contributed by atoms with Crippen molar-refractivity contribution < 1.29 is 39.3 Å². The highest BCUT2D eigenvalue weighted by molar-refractivity contribution is 5.91. The Kier molecular flexibility index (Phi) is 12.8. The van der Waals surface area contributed by atoms with Crippen molar-refractivity contribution in [2.75, 3.05) is 16.8 Å². The lowest BCUT2D eigenvalue weighted by atomic mass is 9.75. The molecule has 16 heteroatoms. The Morgan fingerprint density at radius 1 is 0.800 bits per heavy atom. The fraction of sp³-hybridized carbons (Fsp3) is 0.359. The molecule has 1 aliphatic carbocycles. The Morgan fingerprint density at radius 3 is 1.95 bits per heavy atom. The Labute approximate surface area is 316 Å². The van der Waals surface area contributed by atoms with Crippen LogP contribution in [0.2, 0.25) is 0 Å². The van der Waals surface area contributed by atoms with Crippen molar-refractivity contribution >= 4 is 34.3 Å². The van der Waals surface area contributed by atoms with Crippen molar-refractivity contribution in [3.8, 4) is 17.2 Å². The second-order valence-corrected chi connectivity index (χ2v) is 14.1. The number of phenols is 2. The summed E-state index contributed by atoms with van der Waals surface area (Å²) in [6, 6.07) is 17.6. The van der Waals surface area contributed by atoms with E-state index >= 15 is 0 Å². The number of non-ortho nitro benzene ring substituents is 3. The van der Waals surface area contributed by atoms with Crippen LogP contribution < -0.4 is 15.0 Å². The molecule has 1 fully saturated rings. The predicted molar refractivity (Wildman–Crippen MR) is 203 cm³/mol. The minimum atomic E-state index is -0.619. The van der Waals surface area contributed by atoms with Gasteiger partial charge in [-0.1, -0.05) is 27.2 Å². The number of anilines is 2. The molecule has 0 aromatic heterocycles. The summed E-state index contributed by atoms with van der Waals surface area (Å²) in [7, 11) is 0. The predicted octanol–water partition coefficient (Wildman–Crippen LogP) is 8.02. The molecule has 16 nitrogen and oxygen atoms in total. The minimum Gasteiger partial charge on any atom is -0.508 e. The number of nitro benzene ring substituents is 3. The quantitative estimate of drug-likeness (QED) is 0.0730. The summed E-state index contributed by atoms with van der Waals surface area (Å²) in [5.74, 6) is 0.700. The Hall–Kier alpha value is -6.29. The molecule has 55 heavy (non-hydrogen) atoms. The number of carbonyl (C=O) groups excluding carboxylic acids is 1. The number of nitro groups is 3. The second-order valence-electron chi connectivity index (χ2n) is 14.1. The largest absolute Gasteiger partial charge is 0.508 e. The van der Waals surface area contributed by atoms with Crippen molar-refractivity contribution in [2.24, 2.45) is 17.8 Å². The molecule has 1 saturated carbocycles. The van der Waals surface area contributed by atoms with Gasteiger partial charge in [0.1, 0.15) is 30.5 Å². The van der Waals surface area contributed by atoms with E-state index in [0.29, 0.717) is 29.1 Å². The zero-order valence-corrected chi connectivity index (χ0v) is 30.6. The van der Waals surface area contributed by atoms with Gasteiger partial charge in [-0.25, -0.2) is 0 Å². The highest BCUT2D eigenvalue weighted by Gasteiger charge is 2.32. The van der Waals surface area contributed by atoms with Gasteiger partial charge < -0.3 is 29.9 Å². The fourth-order valence-electron chi connectivity index (χ4n) is 6.80. The van der Waals surface area contributed by atoms with Gasteiger partial charge in [-0.05, 0) is 73.1 Å². The standard InChI is InChI=1S/C39H43N5O11/c1-24(2)34-12-4-25(3)16-38(34)55-23-39(47)40-29-5-7-30(8-6-29)41(20-26-17-31(42(48)49)9-13-35(26)45)21-27-18-33(44(52)53)11-15-37(27)54-22-28-19-32(43(50)51)10-14-36(28)46/h5-11,13-15,17-19,24-25,34,38,45-46H,4,12,16,20-23H2,1-3H3,(H,40,47). The molecule has 0 bridgehead atoms. The van der Waals surface area contributed by atoms with Crippen LogP contribution in [0, 0.1) is 48.1 Å². The Morgan fingerprint density at radius 2 is 1.35 bits per heavy atom. The number of carbonyl (C=O) groups is 1. The Balaban J connectivity index is 1.41. The van der Waals surface area contributed by atoms with E-state index < -0.39 is 14.8 Å². The SMILES string of the molecule is CC1CCC(C(C)C)C(OCC(=O)Nc2ccc(N(Cc3cc([N+](=O)[O-])ccc3O)Cc3cc([N+](=O)[O-])ccc3OCc3cc([N+](=O)[O-])ccc3O)cc2)C1. The lowest BCUT2D eigenvalue weighted by Crippen LogP contribution is -2.36. The van der Waals surface area contributed by atoms with E-state index in [4.69, 9.17) is 9.47 Å². The summed E-state index contributed by atoms with van der Waals surface area (Å²) in [4.78, 5) is 47.6. The third-order valence-corrected chi connectivity index (χ3v) is 9.81. The Bertz CT molecular complexity index is 2040. The van der Waals surface area contributed by atoms with Gasteiger partial charge in [0.25, 0.3) is 17.1 Å². The molecule has 3 unspecified atom stereocenters. The van der Waals surface area contributed by atoms with Crippen molar-refractivity contribution in [3.63, 3.8) is 0 Å². The van der Waals surface area contributed by atoms with E-state index in [-0.39, 0.29) is 89.3 Å². The molecule has 3 N–H and O–H groups in total. The molecule has 1 amide bonds. The molecule has 290 valence electrons. The van der Waals surface area contributed by atoms with Crippen LogP contribution in [-0.2, 0) is 29.2 Å². The molecule has 3 atom stereocenters. The lowest BCUT2D eigenvalue weighted by Gasteiger charge is -2.37. The molecule has 0 heterocycles. The first-order valence-corrected chi connectivity index (χ1v) is 17.8. The van der Waals surface area contributed by atoms with Crippen LogP contribution in [0.3, 0.4) is 0 Å². The van der Waals surface area contributed by atoms with E-state index in [1.807, 2.05) is 0 Å². The molecular formula is C39H43N5O11.